The van der Waals surface area contributed by atoms with Crippen LogP contribution in [0.3, 0.4) is 0 Å². The van der Waals surface area contributed by atoms with Crippen molar-refractivity contribution in [2.75, 3.05) is 0 Å². The smallest absolute Gasteiger partial charge is 0.302 e. The number of fused-ring (bicyclic) bond motifs is 2. The molecular formula is C9H10O3. The molecule has 4 aliphatic rings. The molecule has 4 rings (SSSR count). The lowest BCUT2D eigenvalue weighted by Gasteiger charge is -2.27. The Labute approximate surface area is 70.1 Å². The van der Waals surface area contributed by atoms with Crippen molar-refractivity contribution in [1.82, 2.24) is 0 Å². The van der Waals surface area contributed by atoms with Gasteiger partial charge in [0.1, 0.15) is 11.9 Å². The molecule has 0 N–H and O–H groups in total. The third-order valence-electron chi connectivity index (χ3n) is 3.40. The zero-order valence-electron chi connectivity index (χ0n) is 6.82. The number of hydrogen-bond donors (Lipinski definition) is 0. The van der Waals surface area contributed by atoms with Gasteiger partial charge in [0.2, 0.25) is 0 Å². The first-order valence-corrected chi connectivity index (χ1v) is 4.40. The number of esters is 1. The Hall–Kier alpha value is -0.860. The SMILES string of the molecule is CC(=O)OC1CC(=O)C2C3C1C23. The lowest BCUT2D eigenvalue weighted by atomic mass is 9.85. The van der Waals surface area contributed by atoms with Gasteiger partial charge >= 0.3 is 5.97 Å². The molecule has 12 heavy (non-hydrogen) atoms. The van der Waals surface area contributed by atoms with Crippen LogP contribution in [-0.4, -0.2) is 17.9 Å². The molecule has 3 unspecified atom stereocenters. The first kappa shape index (κ1) is 6.63. The van der Waals surface area contributed by atoms with Crippen molar-refractivity contribution in [3.05, 3.63) is 0 Å². The third kappa shape index (κ3) is 0.625. The van der Waals surface area contributed by atoms with Gasteiger partial charge in [0.05, 0.1) is 0 Å². The minimum atomic E-state index is -0.252. The molecule has 0 aromatic rings. The number of carbonyl (C=O) groups is 2. The predicted octanol–water partition coefficient (Wildman–Crippen LogP) is 0.383. The molecule has 4 saturated carbocycles. The molecule has 0 heterocycles. The Morgan fingerprint density at radius 3 is 2.58 bits per heavy atom. The molecule has 0 aliphatic heterocycles. The molecule has 64 valence electrons. The van der Waals surface area contributed by atoms with Gasteiger partial charge in [-0.05, 0) is 11.8 Å². The van der Waals surface area contributed by atoms with Crippen LogP contribution in [-0.2, 0) is 14.3 Å². The van der Waals surface area contributed by atoms with Crippen LogP contribution in [0.2, 0.25) is 0 Å². The number of carbonyl (C=O) groups excluding carboxylic acids is 2. The molecule has 4 fully saturated rings. The standard InChI is InChI=1S/C9H10O3/c1-3(10)12-5-2-4(11)6-8-7(5)9(6)8/h5-9H,2H2,1H3. The summed E-state index contributed by atoms with van der Waals surface area (Å²) in [5.41, 5.74) is 0. The van der Waals surface area contributed by atoms with E-state index in [1.165, 1.54) is 6.92 Å². The lowest BCUT2D eigenvalue weighted by Crippen LogP contribution is -2.35. The quantitative estimate of drug-likeness (QED) is 0.529. The summed E-state index contributed by atoms with van der Waals surface area (Å²) in [6.45, 7) is 1.41. The number of Topliss-reactive ketones (excluding diaryl/α,β-unsaturated/α-hetero) is 1. The summed E-state index contributed by atoms with van der Waals surface area (Å²) < 4.78 is 5.07. The topological polar surface area (TPSA) is 43.4 Å². The molecule has 3 atom stereocenters. The highest BCUT2D eigenvalue weighted by Gasteiger charge is 2.81. The Balaban J connectivity index is 1.72. The number of ketones is 1. The average molecular weight is 166 g/mol. The van der Waals surface area contributed by atoms with Gasteiger partial charge in [0.15, 0.2) is 0 Å². The van der Waals surface area contributed by atoms with Crippen LogP contribution < -0.4 is 0 Å². The van der Waals surface area contributed by atoms with Crippen LogP contribution >= 0.6 is 0 Å². The second-order valence-corrected chi connectivity index (χ2v) is 4.08. The minimum Gasteiger partial charge on any atom is -0.462 e. The maximum atomic E-state index is 11.3. The van der Waals surface area contributed by atoms with E-state index >= 15 is 0 Å². The Morgan fingerprint density at radius 2 is 2.08 bits per heavy atom. The Kier molecular flexibility index (Phi) is 0.955. The number of rotatable bonds is 1. The van der Waals surface area contributed by atoms with Gasteiger partial charge in [-0.15, -0.1) is 0 Å². The van der Waals surface area contributed by atoms with Crippen molar-refractivity contribution in [1.29, 1.82) is 0 Å². The van der Waals surface area contributed by atoms with E-state index in [0.29, 0.717) is 35.9 Å². The summed E-state index contributed by atoms with van der Waals surface area (Å²) in [5, 5.41) is 0. The number of hydrogen-bond acceptors (Lipinski definition) is 3. The molecule has 0 amide bonds. The van der Waals surface area contributed by atoms with Crippen LogP contribution in [0.1, 0.15) is 13.3 Å². The maximum absolute atomic E-state index is 11.3. The molecular weight excluding hydrogens is 156 g/mol. The van der Waals surface area contributed by atoms with Crippen LogP contribution in [0.15, 0.2) is 0 Å². The fraction of sp³-hybridized carbons (Fsp3) is 0.778. The van der Waals surface area contributed by atoms with Gasteiger partial charge in [0, 0.05) is 25.2 Å². The van der Waals surface area contributed by atoms with Crippen LogP contribution in [0, 0.1) is 23.7 Å². The van der Waals surface area contributed by atoms with Crippen molar-refractivity contribution in [3.8, 4) is 0 Å². The normalized spacial score (nSPS) is 52.8. The summed E-state index contributed by atoms with van der Waals surface area (Å²) in [5.74, 6) is 2.21. The largest absolute Gasteiger partial charge is 0.462 e. The summed E-state index contributed by atoms with van der Waals surface area (Å²) in [4.78, 5) is 21.9. The van der Waals surface area contributed by atoms with Gasteiger partial charge < -0.3 is 4.74 Å². The van der Waals surface area contributed by atoms with Crippen molar-refractivity contribution < 1.29 is 14.3 Å². The summed E-state index contributed by atoms with van der Waals surface area (Å²) in [6.07, 6.45) is 0.400. The van der Waals surface area contributed by atoms with Gasteiger partial charge in [-0.3, -0.25) is 9.59 Å². The van der Waals surface area contributed by atoms with Crippen molar-refractivity contribution in [2.24, 2.45) is 23.7 Å². The fourth-order valence-corrected chi connectivity index (χ4v) is 2.81. The maximum Gasteiger partial charge on any atom is 0.302 e. The van der Waals surface area contributed by atoms with E-state index in [9.17, 15) is 9.59 Å². The second-order valence-electron chi connectivity index (χ2n) is 4.08. The lowest BCUT2D eigenvalue weighted by molar-refractivity contribution is -0.153. The first-order valence-electron chi connectivity index (χ1n) is 4.40. The van der Waals surface area contributed by atoms with E-state index in [1.807, 2.05) is 0 Å². The monoisotopic (exact) mass is 166 g/mol. The number of ether oxygens (including phenoxy) is 1. The van der Waals surface area contributed by atoms with E-state index in [4.69, 9.17) is 4.74 Å². The van der Waals surface area contributed by atoms with E-state index in [-0.39, 0.29) is 12.1 Å². The van der Waals surface area contributed by atoms with E-state index < -0.39 is 0 Å². The van der Waals surface area contributed by atoms with Crippen LogP contribution in [0.5, 0.6) is 0 Å². The highest BCUT2D eigenvalue weighted by Crippen LogP contribution is 2.77. The summed E-state index contributed by atoms with van der Waals surface area (Å²) >= 11 is 0. The molecule has 4 aliphatic carbocycles. The zero-order chi connectivity index (χ0) is 8.46. The molecule has 3 heteroatoms. The van der Waals surface area contributed by atoms with E-state index in [2.05, 4.69) is 0 Å². The van der Waals surface area contributed by atoms with Gasteiger partial charge in [-0.25, -0.2) is 0 Å². The molecule has 0 radical (unpaired) electrons. The predicted molar refractivity (Wildman–Crippen MR) is 39.1 cm³/mol. The molecule has 0 saturated heterocycles. The van der Waals surface area contributed by atoms with Gasteiger partial charge in [0.25, 0.3) is 0 Å². The fourth-order valence-electron chi connectivity index (χ4n) is 2.81. The third-order valence-corrected chi connectivity index (χ3v) is 3.40. The molecule has 0 aromatic heterocycles. The van der Waals surface area contributed by atoms with E-state index in [0.717, 1.165) is 0 Å². The molecule has 0 aromatic carbocycles. The minimum absolute atomic E-state index is 0.0741. The van der Waals surface area contributed by atoms with Crippen LogP contribution in [0.4, 0.5) is 0 Å². The highest BCUT2D eigenvalue weighted by atomic mass is 16.5. The molecule has 3 nitrogen and oxygen atoms in total. The molecule has 2 bridgehead atoms. The first-order chi connectivity index (χ1) is 5.70. The summed E-state index contributed by atoms with van der Waals surface area (Å²) in [6, 6.07) is 0. The zero-order valence-corrected chi connectivity index (χ0v) is 6.82. The van der Waals surface area contributed by atoms with Gasteiger partial charge in [-0.2, -0.15) is 0 Å². The average Bonchev–Trinajstić information content (AvgIpc) is 2.67. The highest BCUT2D eigenvalue weighted by molar-refractivity contribution is 5.89. The van der Waals surface area contributed by atoms with Crippen molar-refractivity contribution in [2.45, 2.75) is 19.4 Å². The van der Waals surface area contributed by atoms with Crippen LogP contribution in [0.25, 0.3) is 0 Å². The van der Waals surface area contributed by atoms with E-state index in [1.54, 1.807) is 0 Å². The summed E-state index contributed by atoms with van der Waals surface area (Å²) in [7, 11) is 0. The molecule has 0 spiro atoms. The second kappa shape index (κ2) is 1.73. The Morgan fingerprint density at radius 1 is 1.42 bits per heavy atom. The van der Waals surface area contributed by atoms with Gasteiger partial charge in [-0.1, -0.05) is 0 Å². The van der Waals surface area contributed by atoms with Crippen molar-refractivity contribution in [3.63, 3.8) is 0 Å². The van der Waals surface area contributed by atoms with Crippen molar-refractivity contribution >= 4 is 11.8 Å². The Bertz CT molecular complexity index is 271.